The molecule has 0 radical (unpaired) electrons. The van der Waals surface area contributed by atoms with Crippen molar-refractivity contribution >= 4 is 30.7 Å². The molecule has 2 aliphatic heterocycles. The lowest BCUT2D eigenvalue weighted by atomic mass is 9.93. The number of nitrogens with zero attached hydrogens (tertiary/aromatic N) is 1. The Morgan fingerprint density at radius 1 is 1.29 bits per heavy atom. The molecule has 92 valence electrons. The number of carboxylic acids is 1. The molecule has 0 bridgehead atoms. The molecular weight excluding hydrogens is 329 g/mol. The number of hydrogen-bond acceptors (Lipinski definition) is 2. The van der Waals surface area contributed by atoms with Crippen LogP contribution >= 0.6 is 20.7 Å². The summed E-state index contributed by atoms with van der Waals surface area (Å²) in [6.45, 7) is 2.08. The molecule has 1 saturated heterocycles. The number of carbonyl (C=O) groups is 1. The monoisotopic (exact) mass is 345 g/mol. The fourth-order valence-electron chi connectivity index (χ4n) is 2.66. The summed E-state index contributed by atoms with van der Waals surface area (Å²) in [6.07, 6.45) is 7.08. The van der Waals surface area contributed by atoms with Crippen LogP contribution in [0, 0.1) is 5.41 Å². The summed E-state index contributed by atoms with van der Waals surface area (Å²) in [6, 6.07) is 0. The van der Waals surface area contributed by atoms with Gasteiger partial charge in [-0.05, 0) is 45.3 Å². The minimum Gasteiger partial charge on any atom is -0.478 e. The molecule has 1 spiro atoms. The molecule has 17 heavy (non-hydrogen) atoms. The summed E-state index contributed by atoms with van der Waals surface area (Å²) >= 11 is -0.0823. The molecule has 1 N–H and O–H groups in total. The maximum Gasteiger partial charge on any atom is 0.337 e. The number of aliphatic carboxylic acids is 1. The van der Waals surface area contributed by atoms with Crippen LogP contribution in [0.4, 0.5) is 0 Å². The highest BCUT2D eigenvalue weighted by atomic mass is 127. The fourth-order valence-corrected chi connectivity index (χ4v) is 4.50. The molecule has 3 rings (SSSR count). The maximum atomic E-state index is 11.2. The Labute approximate surface area is 111 Å². The van der Waals surface area contributed by atoms with Crippen molar-refractivity contribution in [2.45, 2.75) is 25.7 Å². The van der Waals surface area contributed by atoms with Crippen LogP contribution in [0.25, 0.3) is 0 Å². The molecule has 0 atom stereocenters. The highest BCUT2D eigenvalue weighted by Crippen LogP contribution is 2.54. The van der Waals surface area contributed by atoms with Crippen LogP contribution in [0.2, 0.25) is 0 Å². The third-order valence-corrected chi connectivity index (χ3v) is 5.82. The van der Waals surface area contributed by atoms with E-state index in [2.05, 4.69) is 8.91 Å². The molecule has 3 nitrogen and oxygen atoms in total. The summed E-state index contributed by atoms with van der Waals surface area (Å²) in [5.41, 5.74) is 2.13. The summed E-state index contributed by atoms with van der Waals surface area (Å²) in [5.74, 6) is -0.789. The molecule has 0 aromatic rings. The van der Waals surface area contributed by atoms with Gasteiger partial charge in [-0.25, -0.2) is 4.79 Å². The quantitative estimate of drug-likeness (QED) is 0.782. The Kier molecular flexibility index (Phi) is 2.84. The first-order valence-electron chi connectivity index (χ1n) is 6.05. The maximum absolute atomic E-state index is 11.2. The predicted molar refractivity (Wildman–Crippen MR) is 76.4 cm³/mol. The van der Waals surface area contributed by atoms with Crippen molar-refractivity contribution in [3.8, 4) is 0 Å². The number of rotatable bonds is 2. The molecule has 0 unspecified atom stereocenters. The lowest BCUT2D eigenvalue weighted by molar-refractivity contribution is -0.132. The van der Waals surface area contributed by atoms with Gasteiger partial charge in [0.05, 0.1) is 11.3 Å². The van der Waals surface area contributed by atoms with Gasteiger partial charge in [0.1, 0.15) is 0 Å². The van der Waals surface area contributed by atoms with Crippen LogP contribution in [-0.4, -0.2) is 33.1 Å². The first-order chi connectivity index (χ1) is 8.20. The van der Waals surface area contributed by atoms with E-state index in [-0.39, 0.29) is 20.7 Å². The number of halogens is 1. The van der Waals surface area contributed by atoms with E-state index >= 15 is 0 Å². The van der Waals surface area contributed by atoms with Gasteiger partial charge in [0.25, 0.3) is 0 Å². The van der Waals surface area contributed by atoms with Gasteiger partial charge in [0.2, 0.25) is 0 Å². The van der Waals surface area contributed by atoms with Crippen molar-refractivity contribution in [3.63, 3.8) is 0 Å². The van der Waals surface area contributed by atoms with E-state index in [1.807, 2.05) is 4.08 Å². The standard InChI is InChI=1S/C13H16INO2/c16-12(17)10-1-6-14-9-11(10)15-7-4-13(2-3-13)5-8-15/h1,6,9H,2-5,7-8H2,(H,16,17). The van der Waals surface area contributed by atoms with Gasteiger partial charge < -0.3 is 10.0 Å². The second-order valence-electron chi connectivity index (χ2n) is 5.12. The van der Waals surface area contributed by atoms with Crippen molar-refractivity contribution in [1.29, 1.82) is 0 Å². The molecule has 2 heterocycles. The zero-order valence-electron chi connectivity index (χ0n) is 9.66. The van der Waals surface area contributed by atoms with Crippen molar-refractivity contribution in [3.05, 3.63) is 21.4 Å². The Hall–Kier alpha value is -0.650. The summed E-state index contributed by atoms with van der Waals surface area (Å²) in [5, 5.41) is 9.21. The van der Waals surface area contributed by atoms with E-state index in [0.717, 1.165) is 18.8 Å². The van der Waals surface area contributed by atoms with Crippen LogP contribution in [0.3, 0.4) is 0 Å². The minimum atomic E-state index is -0.789. The fraction of sp³-hybridized carbons (Fsp3) is 0.538. The summed E-state index contributed by atoms with van der Waals surface area (Å²) in [7, 11) is 0. The van der Waals surface area contributed by atoms with Crippen LogP contribution in [0.1, 0.15) is 25.7 Å². The normalized spacial score (nSPS) is 26.0. The third-order valence-electron chi connectivity index (χ3n) is 4.10. The second kappa shape index (κ2) is 4.23. The van der Waals surface area contributed by atoms with Crippen molar-refractivity contribution in [2.75, 3.05) is 13.1 Å². The van der Waals surface area contributed by atoms with Gasteiger partial charge in [-0.1, -0.05) is 20.7 Å². The number of allylic oxidation sites excluding steroid dienone is 1. The third kappa shape index (κ3) is 2.19. The van der Waals surface area contributed by atoms with Crippen molar-refractivity contribution in [1.82, 2.24) is 4.90 Å². The van der Waals surface area contributed by atoms with E-state index in [0.29, 0.717) is 11.0 Å². The molecule has 4 heteroatoms. The van der Waals surface area contributed by atoms with E-state index in [1.54, 1.807) is 6.08 Å². The largest absolute Gasteiger partial charge is 0.478 e. The highest BCUT2D eigenvalue weighted by Gasteiger charge is 2.44. The Morgan fingerprint density at radius 2 is 2.00 bits per heavy atom. The minimum absolute atomic E-state index is 0.0823. The zero-order valence-corrected chi connectivity index (χ0v) is 11.8. The number of carboxylic acid groups (broad SMARTS) is 1. The summed E-state index contributed by atoms with van der Waals surface area (Å²) in [4.78, 5) is 13.5. The average Bonchev–Trinajstić information content (AvgIpc) is 3.10. The van der Waals surface area contributed by atoms with E-state index in [1.165, 1.54) is 25.7 Å². The lowest BCUT2D eigenvalue weighted by Gasteiger charge is -2.35. The first-order valence-corrected chi connectivity index (χ1v) is 8.54. The van der Waals surface area contributed by atoms with Crippen LogP contribution in [0.15, 0.2) is 21.4 Å². The lowest BCUT2D eigenvalue weighted by Crippen LogP contribution is -2.35. The van der Waals surface area contributed by atoms with Gasteiger partial charge in [-0.3, -0.25) is 0 Å². The number of hydrogen-bond donors (Lipinski definition) is 1. The molecule has 1 aliphatic carbocycles. The van der Waals surface area contributed by atoms with Crippen LogP contribution in [0.5, 0.6) is 0 Å². The SMILES string of the molecule is O=C(O)C1=C(N2CCC3(CC2)CC3)C=IC=C1. The van der Waals surface area contributed by atoms with Crippen LogP contribution < -0.4 is 0 Å². The Morgan fingerprint density at radius 3 is 2.59 bits per heavy atom. The van der Waals surface area contributed by atoms with Gasteiger partial charge in [0, 0.05) is 13.1 Å². The van der Waals surface area contributed by atoms with Crippen molar-refractivity contribution in [2.24, 2.45) is 5.41 Å². The molecule has 1 saturated carbocycles. The zero-order chi connectivity index (χ0) is 11.9. The van der Waals surface area contributed by atoms with Gasteiger partial charge in [0.15, 0.2) is 0 Å². The van der Waals surface area contributed by atoms with Gasteiger partial charge in [-0.15, -0.1) is 0 Å². The molecule has 3 aliphatic rings. The smallest absolute Gasteiger partial charge is 0.337 e. The highest BCUT2D eigenvalue weighted by molar-refractivity contribution is 14.2. The number of likely N-dealkylation sites (tertiary alicyclic amines) is 1. The molecule has 0 aromatic heterocycles. The van der Waals surface area contributed by atoms with Gasteiger partial charge in [-0.2, -0.15) is 0 Å². The molecular formula is C13H16INO2. The topological polar surface area (TPSA) is 40.5 Å². The predicted octanol–water partition coefficient (Wildman–Crippen LogP) is 2.50. The second-order valence-corrected chi connectivity index (χ2v) is 7.18. The Bertz CT molecular complexity index is 436. The van der Waals surface area contributed by atoms with Crippen molar-refractivity contribution < 1.29 is 9.90 Å². The van der Waals surface area contributed by atoms with E-state index < -0.39 is 5.97 Å². The van der Waals surface area contributed by atoms with E-state index in [4.69, 9.17) is 0 Å². The molecule has 0 amide bonds. The molecule has 0 aromatic carbocycles. The molecule has 2 fully saturated rings. The Balaban J connectivity index is 1.81. The van der Waals surface area contributed by atoms with Crippen LogP contribution in [-0.2, 0) is 4.79 Å². The average molecular weight is 345 g/mol. The van der Waals surface area contributed by atoms with Gasteiger partial charge >= 0.3 is 5.97 Å². The first kappa shape index (κ1) is 11.4. The van der Waals surface area contributed by atoms with E-state index in [9.17, 15) is 9.90 Å². The summed E-state index contributed by atoms with van der Waals surface area (Å²) < 4.78 is 4.19. The number of piperidine rings is 1.